The lowest BCUT2D eigenvalue weighted by Gasteiger charge is -2.27. The average molecular weight is 338 g/mol. The second kappa shape index (κ2) is 9.01. The van der Waals surface area contributed by atoms with Crippen molar-refractivity contribution in [2.24, 2.45) is 5.92 Å². The van der Waals surface area contributed by atoms with Gasteiger partial charge in [-0.05, 0) is 25.9 Å². The summed E-state index contributed by atoms with van der Waals surface area (Å²) in [6, 6.07) is 0. The van der Waals surface area contributed by atoms with Gasteiger partial charge >= 0.3 is 0 Å². The van der Waals surface area contributed by atoms with Gasteiger partial charge in [0.05, 0.1) is 12.5 Å². The number of hydrogen-bond donors (Lipinski definition) is 1. The third-order valence-electron chi connectivity index (χ3n) is 4.99. The number of carbonyl (C=O) groups is 3. The van der Waals surface area contributed by atoms with Gasteiger partial charge in [-0.2, -0.15) is 0 Å². The zero-order valence-electron chi connectivity index (χ0n) is 14.9. The van der Waals surface area contributed by atoms with E-state index in [0.717, 1.165) is 25.9 Å². The van der Waals surface area contributed by atoms with Gasteiger partial charge in [-0.15, -0.1) is 0 Å². The predicted molar refractivity (Wildman–Crippen MR) is 91.3 cm³/mol. The molecule has 0 aromatic heterocycles. The van der Waals surface area contributed by atoms with Gasteiger partial charge in [0.1, 0.15) is 0 Å². The Morgan fingerprint density at radius 1 is 0.917 bits per heavy atom. The molecule has 24 heavy (non-hydrogen) atoms. The van der Waals surface area contributed by atoms with Crippen molar-refractivity contribution in [3.63, 3.8) is 0 Å². The van der Waals surface area contributed by atoms with Crippen molar-refractivity contribution in [2.45, 2.75) is 32.6 Å². The molecule has 2 aliphatic rings. The minimum Gasteiger partial charge on any atom is -0.359 e. The molecule has 1 unspecified atom stereocenters. The summed E-state index contributed by atoms with van der Waals surface area (Å²) in [6.07, 6.45) is 4.76. The van der Waals surface area contributed by atoms with Crippen LogP contribution in [0.5, 0.6) is 0 Å². The van der Waals surface area contributed by atoms with Crippen LogP contribution in [-0.2, 0) is 14.4 Å². The number of amides is 3. The van der Waals surface area contributed by atoms with E-state index in [1.165, 1.54) is 19.8 Å². The number of hydrogen-bond acceptors (Lipinski definition) is 4. The van der Waals surface area contributed by atoms with E-state index in [1.54, 1.807) is 16.8 Å². The van der Waals surface area contributed by atoms with Crippen LogP contribution < -0.4 is 5.32 Å². The minimum atomic E-state index is -0.366. The molecule has 1 atom stereocenters. The molecule has 2 aliphatic heterocycles. The van der Waals surface area contributed by atoms with Crippen LogP contribution in [0.2, 0.25) is 0 Å². The molecule has 3 amide bonds. The fourth-order valence-corrected chi connectivity index (χ4v) is 3.48. The topological polar surface area (TPSA) is 73.0 Å². The predicted octanol–water partition coefficient (Wildman–Crippen LogP) is -0.0847. The van der Waals surface area contributed by atoms with Gasteiger partial charge in [0, 0.05) is 40.2 Å². The molecule has 136 valence electrons. The lowest BCUT2D eigenvalue weighted by atomic mass is 10.1. The summed E-state index contributed by atoms with van der Waals surface area (Å²) in [5.41, 5.74) is 0. The second-order valence-corrected chi connectivity index (χ2v) is 6.81. The average Bonchev–Trinajstić information content (AvgIpc) is 2.94. The van der Waals surface area contributed by atoms with Crippen LogP contribution in [0, 0.1) is 5.92 Å². The Bertz CT molecular complexity index is 461. The molecule has 0 aromatic carbocycles. The molecule has 0 radical (unpaired) electrons. The maximum Gasteiger partial charge on any atom is 0.236 e. The van der Waals surface area contributed by atoms with Gasteiger partial charge in [0.2, 0.25) is 17.7 Å². The fourth-order valence-electron chi connectivity index (χ4n) is 3.48. The van der Waals surface area contributed by atoms with E-state index in [2.05, 4.69) is 10.2 Å². The van der Waals surface area contributed by atoms with Crippen molar-refractivity contribution in [2.75, 3.05) is 52.9 Å². The number of likely N-dealkylation sites (tertiary alicyclic amines) is 1. The van der Waals surface area contributed by atoms with Crippen LogP contribution in [-0.4, -0.2) is 85.3 Å². The van der Waals surface area contributed by atoms with Crippen LogP contribution in [0.1, 0.15) is 32.6 Å². The molecule has 2 saturated heterocycles. The van der Waals surface area contributed by atoms with E-state index in [0.29, 0.717) is 32.7 Å². The molecular formula is C17H30N4O3. The summed E-state index contributed by atoms with van der Waals surface area (Å²) in [7, 11) is 1.59. The van der Waals surface area contributed by atoms with Gasteiger partial charge in [-0.1, -0.05) is 12.8 Å². The highest BCUT2D eigenvalue weighted by molar-refractivity contribution is 5.83. The molecular weight excluding hydrogens is 308 g/mol. The normalized spacial score (nSPS) is 23.3. The van der Waals surface area contributed by atoms with Crippen molar-refractivity contribution < 1.29 is 14.4 Å². The SMILES string of the molecule is CNC(=O)C1CN(C(C)=O)CCN(C(=O)CN2CCCCCC2)C1. The van der Waals surface area contributed by atoms with Crippen molar-refractivity contribution in [1.82, 2.24) is 20.0 Å². The van der Waals surface area contributed by atoms with Gasteiger partial charge < -0.3 is 15.1 Å². The quantitative estimate of drug-likeness (QED) is 0.781. The Labute approximate surface area is 144 Å². The zero-order valence-corrected chi connectivity index (χ0v) is 14.9. The zero-order chi connectivity index (χ0) is 17.5. The van der Waals surface area contributed by atoms with Crippen LogP contribution in [0.3, 0.4) is 0 Å². The Hall–Kier alpha value is -1.63. The van der Waals surface area contributed by atoms with E-state index in [4.69, 9.17) is 0 Å². The first-order valence-corrected chi connectivity index (χ1v) is 8.98. The molecule has 2 rings (SSSR count). The molecule has 0 aromatic rings. The largest absolute Gasteiger partial charge is 0.359 e. The molecule has 7 nitrogen and oxygen atoms in total. The van der Waals surface area contributed by atoms with E-state index in [-0.39, 0.29) is 23.6 Å². The molecule has 2 fully saturated rings. The van der Waals surface area contributed by atoms with Crippen LogP contribution in [0.25, 0.3) is 0 Å². The Kier molecular flexibility index (Phi) is 7.02. The fraction of sp³-hybridized carbons (Fsp3) is 0.824. The van der Waals surface area contributed by atoms with E-state index in [1.807, 2.05) is 0 Å². The van der Waals surface area contributed by atoms with Crippen molar-refractivity contribution in [3.05, 3.63) is 0 Å². The van der Waals surface area contributed by atoms with Gasteiger partial charge in [-0.3, -0.25) is 19.3 Å². The standard InChI is InChI=1S/C17H30N4O3/c1-14(22)20-9-10-21(12-15(11-20)17(24)18-2)16(23)13-19-7-5-3-4-6-8-19/h15H,3-13H2,1-2H3,(H,18,24). The lowest BCUT2D eigenvalue weighted by molar-refractivity contribution is -0.134. The third-order valence-corrected chi connectivity index (χ3v) is 4.99. The van der Waals surface area contributed by atoms with E-state index >= 15 is 0 Å². The summed E-state index contributed by atoms with van der Waals surface area (Å²) >= 11 is 0. The van der Waals surface area contributed by atoms with Crippen molar-refractivity contribution >= 4 is 17.7 Å². The first-order valence-electron chi connectivity index (χ1n) is 8.98. The van der Waals surface area contributed by atoms with Crippen LogP contribution in [0.15, 0.2) is 0 Å². The van der Waals surface area contributed by atoms with E-state index in [9.17, 15) is 14.4 Å². The molecule has 2 heterocycles. The highest BCUT2D eigenvalue weighted by Gasteiger charge is 2.31. The molecule has 0 spiro atoms. The van der Waals surface area contributed by atoms with Crippen LogP contribution >= 0.6 is 0 Å². The molecule has 0 saturated carbocycles. The lowest BCUT2D eigenvalue weighted by Crippen LogP contribution is -2.45. The second-order valence-electron chi connectivity index (χ2n) is 6.81. The maximum atomic E-state index is 12.7. The first-order chi connectivity index (χ1) is 11.5. The maximum absolute atomic E-state index is 12.7. The first kappa shape index (κ1) is 18.7. The summed E-state index contributed by atoms with van der Waals surface area (Å²) < 4.78 is 0. The van der Waals surface area contributed by atoms with Crippen LogP contribution in [0.4, 0.5) is 0 Å². The number of carbonyl (C=O) groups excluding carboxylic acids is 3. The van der Waals surface area contributed by atoms with Crippen molar-refractivity contribution in [3.8, 4) is 0 Å². The highest BCUT2D eigenvalue weighted by atomic mass is 16.2. The smallest absolute Gasteiger partial charge is 0.236 e. The Morgan fingerprint density at radius 2 is 1.50 bits per heavy atom. The minimum absolute atomic E-state index is 0.0503. The van der Waals surface area contributed by atoms with Crippen molar-refractivity contribution in [1.29, 1.82) is 0 Å². The Morgan fingerprint density at radius 3 is 2.08 bits per heavy atom. The summed E-state index contributed by atoms with van der Waals surface area (Å²) in [5, 5.41) is 2.65. The molecule has 1 N–H and O–H groups in total. The monoisotopic (exact) mass is 338 g/mol. The Balaban J connectivity index is 2.00. The third kappa shape index (κ3) is 5.19. The summed E-state index contributed by atoms with van der Waals surface area (Å²) in [6.45, 7) is 5.62. The van der Waals surface area contributed by atoms with Gasteiger partial charge in [0.25, 0.3) is 0 Å². The number of rotatable bonds is 3. The summed E-state index contributed by atoms with van der Waals surface area (Å²) in [4.78, 5) is 42.2. The van der Waals surface area contributed by atoms with Gasteiger partial charge in [-0.25, -0.2) is 0 Å². The van der Waals surface area contributed by atoms with Gasteiger partial charge in [0.15, 0.2) is 0 Å². The molecule has 7 heteroatoms. The molecule has 0 bridgehead atoms. The molecule has 0 aliphatic carbocycles. The highest BCUT2D eigenvalue weighted by Crippen LogP contribution is 2.13. The summed E-state index contributed by atoms with van der Waals surface area (Å²) in [5.74, 6) is -0.466. The number of nitrogens with one attached hydrogen (secondary N) is 1. The van der Waals surface area contributed by atoms with E-state index < -0.39 is 0 Å². The number of nitrogens with zero attached hydrogens (tertiary/aromatic N) is 3.